The summed E-state index contributed by atoms with van der Waals surface area (Å²) in [7, 11) is 0. The third kappa shape index (κ3) is 7.64. The van der Waals surface area contributed by atoms with Gasteiger partial charge >= 0.3 is 11.9 Å². The Morgan fingerprint density at radius 3 is 1.42 bits per heavy atom. The van der Waals surface area contributed by atoms with Gasteiger partial charge in [0.15, 0.2) is 0 Å². The van der Waals surface area contributed by atoms with E-state index in [0.717, 1.165) is 0 Å². The van der Waals surface area contributed by atoms with Crippen molar-refractivity contribution in [2.45, 2.75) is 39.9 Å². The van der Waals surface area contributed by atoms with Crippen molar-refractivity contribution < 1.29 is 28.7 Å². The second-order valence-corrected chi connectivity index (χ2v) is 8.88. The minimum atomic E-state index is -0.751. The van der Waals surface area contributed by atoms with Crippen LogP contribution >= 0.6 is 0 Å². The molecule has 0 heterocycles. The Morgan fingerprint density at radius 2 is 1.00 bits per heavy atom. The van der Waals surface area contributed by atoms with Crippen molar-refractivity contribution >= 4 is 41.2 Å². The largest absolute Gasteiger partial charge is 0.459 e. The summed E-state index contributed by atoms with van der Waals surface area (Å²) in [5.41, 5.74) is 1.04. The van der Waals surface area contributed by atoms with Gasteiger partial charge in [-0.05, 0) is 63.6 Å². The Morgan fingerprint density at radius 1 is 0.605 bits per heavy atom. The first-order valence-corrected chi connectivity index (χ1v) is 12.1. The third-order valence-corrected chi connectivity index (χ3v) is 5.08. The lowest BCUT2D eigenvalue weighted by molar-refractivity contribution is -0.118. The smallest absolute Gasteiger partial charge is 0.340 e. The second-order valence-electron chi connectivity index (χ2n) is 8.88. The molecule has 0 aliphatic carbocycles. The van der Waals surface area contributed by atoms with Gasteiger partial charge in [-0.1, -0.05) is 54.6 Å². The van der Waals surface area contributed by atoms with Gasteiger partial charge in [-0.25, -0.2) is 9.59 Å². The first-order chi connectivity index (χ1) is 18.2. The molecule has 8 nitrogen and oxygen atoms in total. The molecular weight excluding hydrogens is 484 g/mol. The van der Waals surface area contributed by atoms with Crippen LogP contribution in [0.15, 0.2) is 84.4 Å². The molecule has 0 saturated heterocycles. The lowest BCUT2D eigenvalue weighted by Gasteiger charge is -2.15. The summed E-state index contributed by atoms with van der Waals surface area (Å²) in [4.78, 5) is 52.0. The molecule has 0 atom stereocenters. The molecule has 0 radical (unpaired) electrons. The van der Waals surface area contributed by atoms with Crippen LogP contribution in [0.4, 0.5) is 11.4 Å². The van der Waals surface area contributed by atoms with E-state index in [-0.39, 0.29) is 40.3 Å². The average molecular weight is 515 g/mol. The molecular formula is C30H30N2O6. The monoisotopic (exact) mass is 514 g/mol. The van der Waals surface area contributed by atoms with Crippen LogP contribution in [0.25, 0.3) is 6.08 Å². The zero-order valence-electron chi connectivity index (χ0n) is 21.7. The van der Waals surface area contributed by atoms with Gasteiger partial charge < -0.3 is 20.1 Å². The summed E-state index contributed by atoms with van der Waals surface area (Å²) in [6.45, 7) is 6.88. The van der Waals surface area contributed by atoms with E-state index < -0.39 is 23.8 Å². The van der Waals surface area contributed by atoms with Gasteiger partial charge in [-0.3, -0.25) is 9.59 Å². The average Bonchev–Trinajstić information content (AvgIpc) is 2.87. The maximum atomic E-state index is 13.4. The number of anilines is 2. The van der Waals surface area contributed by atoms with Gasteiger partial charge in [-0.2, -0.15) is 0 Å². The minimum Gasteiger partial charge on any atom is -0.459 e. The topological polar surface area (TPSA) is 111 Å². The molecule has 196 valence electrons. The Kier molecular flexibility index (Phi) is 9.54. The Bertz CT molecular complexity index is 1260. The fourth-order valence-electron chi connectivity index (χ4n) is 3.42. The molecule has 3 rings (SSSR count). The van der Waals surface area contributed by atoms with Crippen molar-refractivity contribution in [1.29, 1.82) is 0 Å². The Labute approximate surface area is 221 Å². The fraction of sp³-hybridized carbons (Fsp3) is 0.200. The molecule has 2 N–H and O–H groups in total. The SMILES string of the molecule is CC(C)OC(=O)c1ccccc1NC(=O)C(=Cc1ccccc1)C(=O)Nc1ccccc1C(=O)OC(C)C. The number of hydrogen-bond acceptors (Lipinski definition) is 6. The molecule has 0 fully saturated rings. The highest BCUT2D eigenvalue weighted by atomic mass is 16.5. The molecule has 0 saturated carbocycles. The normalized spacial score (nSPS) is 10.5. The number of benzene rings is 3. The van der Waals surface area contributed by atoms with Crippen LogP contribution in [-0.2, 0) is 19.1 Å². The van der Waals surface area contributed by atoms with Crippen molar-refractivity contribution in [2.75, 3.05) is 10.6 Å². The number of ether oxygens (including phenoxy) is 2. The van der Waals surface area contributed by atoms with E-state index in [9.17, 15) is 19.2 Å². The zero-order chi connectivity index (χ0) is 27.7. The first kappa shape index (κ1) is 27.9. The molecule has 2 amide bonds. The van der Waals surface area contributed by atoms with Crippen molar-refractivity contribution in [3.63, 3.8) is 0 Å². The highest BCUT2D eigenvalue weighted by Gasteiger charge is 2.24. The first-order valence-electron chi connectivity index (χ1n) is 12.1. The summed E-state index contributed by atoms with van der Waals surface area (Å²) < 4.78 is 10.6. The lowest BCUT2D eigenvalue weighted by Crippen LogP contribution is -2.27. The number of para-hydroxylation sites is 2. The Hall–Kier alpha value is -4.72. The van der Waals surface area contributed by atoms with Crippen LogP contribution in [0.2, 0.25) is 0 Å². The van der Waals surface area contributed by atoms with Crippen LogP contribution in [-0.4, -0.2) is 36.0 Å². The predicted molar refractivity (Wildman–Crippen MR) is 146 cm³/mol. The minimum absolute atomic E-state index is 0.149. The van der Waals surface area contributed by atoms with Crippen LogP contribution < -0.4 is 10.6 Å². The van der Waals surface area contributed by atoms with E-state index in [2.05, 4.69) is 10.6 Å². The lowest BCUT2D eigenvalue weighted by atomic mass is 10.1. The van der Waals surface area contributed by atoms with Crippen LogP contribution in [0.3, 0.4) is 0 Å². The molecule has 0 spiro atoms. The number of nitrogens with one attached hydrogen (secondary N) is 2. The standard InChI is InChI=1S/C30H30N2O6/c1-19(2)37-29(35)22-14-8-10-16-25(22)31-27(33)24(18-21-12-6-5-7-13-21)28(34)32-26-17-11-9-15-23(26)30(36)38-20(3)4/h5-20H,1-4H3,(H,31,33)(H,32,34). The van der Waals surface area contributed by atoms with Crippen molar-refractivity contribution in [3.05, 3.63) is 101 Å². The summed E-state index contributed by atoms with van der Waals surface area (Å²) in [5.74, 6) is -2.71. The quantitative estimate of drug-likeness (QED) is 0.169. The maximum Gasteiger partial charge on any atom is 0.340 e. The highest BCUT2D eigenvalue weighted by molar-refractivity contribution is 6.29. The summed E-state index contributed by atoms with van der Waals surface area (Å²) in [6, 6.07) is 21.6. The number of carbonyl (C=O) groups is 4. The molecule has 0 aliphatic rings. The van der Waals surface area contributed by atoms with E-state index in [1.807, 2.05) is 6.07 Å². The zero-order valence-corrected chi connectivity index (χ0v) is 21.7. The van der Waals surface area contributed by atoms with Gasteiger partial charge in [0, 0.05) is 0 Å². The third-order valence-electron chi connectivity index (χ3n) is 5.08. The molecule has 0 aliphatic heterocycles. The number of rotatable bonds is 9. The molecule has 38 heavy (non-hydrogen) atoms. The fourth-order valence-corrected chi connectivity index (χ4v) is 3.42. The number of carbonyl (C=O) groups excluding carboxylic acids is 4. The van der Waals surface area contributed by atoms with Crippen molar-refractivity contribution in [1.82, 2.24) is 0 Å². The van der Waals surface area contributed by atoms with Crippen LogP contribution in [0.5, 0.6) is 0 Å². The van der Waals surface area contributed by atoms with E-state index in [0.29, 0.717) is 5.56 Å². The van der Waals surface area contributed by atoms with Gasteiger partial charge in [0.25, 0.3) is 11.8 Å². The van der Waals surface area contributed by atoms with E-state index in [4.69, 9.17) is 9.47 Å². The number of amides is 2. The molecule has 3 aromatic carbocycles. The number of esters is 2. The van der Waals surface area contributed by atoms with Crippen molar-refractivity contribution in [2.24, 2.45) is 0 Å². The van der Waals surface area contributed by atoms with Gasteiger partial charge in [0.1, 0.15) is 5.57 Å². The van der Waals surface area contributed by atoms with Gasteiger partial charge in [0.05, 0.1) is 34.7 Å². The maximum absolute atomic E-state index is 13.4. The Balaban J connectivity index is 1.95. The molecule has 0 aromatic heterocycles. The van der Waals surface area contributed by atoms with Gasteiger partial charge in [0.2, 0.25) is 0 Å². The molecule has 0 unspecified atom stereocenters. The van der Waals surface area contributed by atoms with Crippen LogP contribution in [0.1, 0.15) is 54.0 Å². The molecule has 3 aromatic rings. The van der Waals surface area contributed by atoms with E-state index >= 15 is 0 Å². The van der Waals surface area contributed by atoms with Crippen LogP contribution in [0, 0.1) is 0 Å². The number of hydrogen-bond donors (Lipinski definition) is 2. The summed E-state index contributed by atoms with van der Waals surface area (Å²) in [5, 5.41) is 5.31. The predicted octanol–water partition coefficient (Wildman–Crippen LogP) is 5.48. The van der Waals surface area contributed by atoms with Gasteiger partial charge in [-0.15, -0.1) is 0 Å². The van der Waals surface area contributed by atoms with E-state index in [1.54, 1.807) is 88.4 Å². The van der Waals surface area contributed by atoms with E-state index in [1.165, 1.54) is 18.2 Å². The highest BCUT2D eigenvalue weighted by Crippen LogP contribution is 2.21. The summed E-state index contributed by atoms with van der Waals surface area (Å²) in [6.07, 6.45) is 0.718. The molecule has 0 bridgehead atoms. The second kappa shape index (κ2) is 13.0. The summed E-state index contributed by atoms with van der Waals surface area (Å²) >= 11 is 0. The van der Waals surface area contributed by atoms with Crippen molar-refractivity contribution in [3.8, 4) is 0 Å². The molecule has 8 heteroatoms.